The highest BCUT2D eigenvalue weighted by Crippen LogP contribution is 2.13. The minimum Gasteiger partial charge on any atom is -0.478 e. The van der Waals surface area contributed by atoms with E-state index in [0.717, 1.165) is 6.04 Å². The van der Waals surface area contributed by atoms with E-state index >= 15 is 0 Å². The molecule has 0 aromatic heterocycles. The van der Waals surface area contributed by atoms with E-state index in [4.69, 9.17) is 5.11 Å². The molecular formula is C24H47N3O4. The van der Waals surface area contributed by atoms with Gasteiger partial charge in [0.1, 0.15) is 0 Å². The Balaban J connectivity index is 0. The minimum atomic E-state index is -1.01. The maximum absolute atomic E-state index is 11.7. The zero-order valence-corrected chi connectivity index (χ0v) is 21.1. The largest absolute Gasteiger partial charge is 0.478 e. The number of likely N-dealkylation sites (N-methyl/N-ethyl adjacent to an activating group) is 1. The zero-order valence-electron chi connectivity index (χ0n) is 21.1. The van der Waals surface area contributed by atoms with E-state index < -0.39 is 5.97 Å². The van der Waals surface area contributed by atoms with Crippen molar-refractivity contribution >= 4 is 18.3 Å². The number of rotatable bonds is 9. The lowest BCUT2D eigenvalue weighted by molar-refractivity contribution is -0.133. The summed E-state index contributed by atoms with van der Waals surface area (Å²) in [4.78, 5) is 36.6. The summed E-state index contributed by atoms with van der Waals surface area (Å²) in [6, 6.07) is 0.451. The first-order valence-corrected chi connectivity index (χ1v) is 11.6. The van der Waals surface area contributed by atoms with Crippen LogP contribution in [0, 0.1) is 5.92 Å². The Morgan fingerprint density at radius 2 is 1.58 bits per heavy atom. The van der Waals surface area contributed by atoms with E-state index in [1.165, 1.54) is 57.0 Å². The van der Waals surface area contributed by atoms with Gasteiger partial charge >= 0.3 is 5.97 Å². The Labute approximate surface area is 190 Å². The molecule has 182 valence electrons. The van der Waals surface area contributed by atoms with Crippen LogP contribution in [0.25, 0.3) is 0 Å². The van der Waals surface area contributed by atoms with Crippen LogP contribution in [0.15, 0.2) is 11.6 Å². The molecule has 0 unspecified atom stereocenters. The van der Waals surface area contributed by atoms with Gasteiger partial charge in [-0.2, -0.15) is 0 Å². The van der Waals surface area contributed by atoms with Crippen LogP contribution in [0.4, 0.5) is 0 Å². The van der Waals surface area contributed by atoms with E-state index in [1.54, 1.807) is 13.1 Å². The average molecular weight is 442 g/mol. The van der Waals surface area contributed by atoms with Crippen molar-refractivity contribution in [2.45, 2.75) is 92.7 Å². The van der Waals surface area contributed by atoms with Crippen LogP contribution in [0.3, 0.4) is 0 Å². The standard InChI is InChI=1S/C12H20N2O4.C8H17N.C4H10/c1-8(2)10(5-9(3)12(17)18)14(4)11(16)6-13-7-15;1-8(2)9-6-4-3-5-7-9;1-3-4-2/h5,7-8,10H,6H2,1-4H3,(H,13,15)(H,17,18);8H,3-7H2,1-2H3;3-4H2,1-2H3/b9-5+;;/t10-;;/m1../s1. The highest BCUT2D eigenvalue weighted by molar-refractivity contribution is 5.86. The monoisotopic (exact) mass is 441 g/mol. The first-order chi connectivity index (χ1) is 14.5. The molecule has 0 saturated carbocycles. The molecule has 0 aromatic rings. The lowest BCUT2D eigenvalue weighted by Gasteiger charge is -2.29. The number of hydrogen-bond acceptors (Lipinski definition) is 4. The molecule has 0 radical (unpaired) electrons. The van der Waals surface area contributed by atoms with Crippen LogP contribution in [0.1, 0.15) is 80.6 Å². The number of hydrogen-bond donors (Lipinski definition) is 2. The summed E-state index contributed by atoms with van der Waals surface area (Å²) in [5.74, 6) is -1.20. The van der Waals surface area contributed by atoms with E-state index in [2.05, 4.69) is 37.9 Å². The van der Waals surface area contributed by atoms with Gasteiger partial charge in [0.2, 0.25) is 12.3 Å². The summed E-state index contributed by atoms with van der Waals surface area (Å²) in [5, 5.41) is 11.1. The third kappa shape index (κ3) is 15.5. The normalized spacial score (nSPS) is 15.2. The summed E-state index contributed by atoms with van der Waals surface area (Å²) >= 11 is 0. The van der Waals surface area contributed by atoms with Crippen molar-refractivity contribution in [2.24, 2.45) is 5.92 Å². The number of amides is 2. The number of aliphatic carboxylic acids is 1. The average Bonchev–Trinajstić information content (AvgIpc) is 2.75. The van der Waals surface area contributed by atoms with E-state index in [-0.39, 0.29) is 30.0 Å². The molecule has 0 spiro atoms. The molecule has 0 bridgehead atoms. The Morgan fingerprint density at radius 1 is 1.06 bits per heavy atom. The fourth-order valence-corrected chi connectivity index (χ4v) is 2.93. The minimum absolute atomic E-state index is 0.0736. The van der Waals surface area contributed by atoms with Crippen LogP contribution in [-0.4, -0.2) is 72.0 Å². The van der Waals surface area contributed by atoms with Gasteiger partial charge in [-0.3, -0.25) is 9.59 Å². The number of nitrogens with zero attached hydrogens (tertiary/aromatic N) is 2. The molecular weight excluding hydrogens is 394 g/mol. The van der Waals surface area contributed by atoms with E-state index in [0.29, 0.717) is 6.41 Å². The van der Waals surface area contributed by atoms with Gasteiger partial charge in [-0.15, -0.1) is 0 Å². The summed E-state index contributed by atoms with van der Waals surface area (Å²) in [7, 11) is 1.59. The van der Waals surface area contributed by atoms with Crippen LogP contribution in [0.5, 0.6) is 0 Å². The number of carboxylic acid groups (broad SMARTS) is 1. The number of nitrogens with one attached hydrogen (secondary N) is 1. The third-order valence-electron chi connectivity index (χ3n) is 5.24. The van der Waals surface area contributed by atoms with Gasteiger partial charge in [0.05, 0.1) is 12.6 Å². The van der Waals surface area contributed by atoms with E-state index in [9.17, 15) is 14.4 Å². The first kappa shape index (κ1) is 31.3. The topological polar surface area (TPSA) is 90.0 Å². The molecule has 1 heterocycles. The van der Waals surface area contributed by atoms with Gasteiger partial charge in [0, 0.05) is 18.7 Å². The number of carboxylic acids is 1. The Hall–Kier alpha value is -1.89. The summed E-state index contributed by atoms with van der Waals surface area (Å²) in [5.41, 5.74) is 0.191. The number of likely N-dealkylation sites (tertiary alicyclic amines) is 1. The van der Waals surface area contributed by atoms with Crippen molar-refractivity contribution in [3.8, 4) is 0 Å². The highest BCUT2D eigenvalue weighted by Gasteiger charge is 2.21. The molecule has 1 atom stereocenters. The molecule has 1 aliphatic heterocycles. The van der Waals surface area contributed by atoms with Crippen molar-refractivity contribution < 1.29 is 19.5 Å². The Bertz CT molecular complexity index is 525. The molecule has 2 N–H and O–H groups in total. The molecule has 1 aliphatic rings. The van der Waals surface area contributed by atoms with Gasteiger partial charge in [0.15, 0.2) is 0 Å². The van der Waals surface area contributed by atoms with Gasteiger partial charge in [0.25, 0.3) is 0 Å². The number of piperidine rings is 1. The second-order valence-corrected chi connectivity index (χ2v) is 8.58. The number of carbonyl (C=O) groups is 3. The quantitative estimate of drug-likeness (QED) is 0.418. The van der Waals surface area contributed by atoms with Crippen LogP contribution in [-0.2, 0) is 14.4 Å². The molecule has 2 amide bonds. The van der Waals surface area contributed by atoms with Crippen molar-refractivity contribution in [1.82, 2.24) is 15.1 Å². The Morgan fingerprint density at radius 3 is 1.90 bits per heavy atom. The molecule has 31 heavy (non-hydrogen) atoms. The smallest absolute Gasteiger partial charge is 0.331 e. The Kier molecular flexibility index (Phi) is 19.0. The van der Waals surface area contributed by atoms with Crippen molar-refractivity contribution in [3.05, 3.63) is 11.6 Å². The lowest BCUT2D eigenvalue weighted by Crippen LogP contribution is -2.43. The summed E-state index contributed by atoms with van der Waals surface area (Å²) < 4.78 is 0. The molecule has 1 fully saturated rings. The molecule has 1 rings (SSSR count). The van der Waals surface area contributed by atoms with Crippen LogP contribution < -0.4 is 5.32 Å². The maximum atomic E-state index is 11.7. The molecule has 0 aliphatic carbocycles. The van der Waals surface area contributed by atoms with Crippen molar-refractivity contribution in [1.29, 1.82) is 0 Å². The van der Waals surface area contributed by atoms with Crippen molar-refractivity contribution in [2.75, 3.05) is 26.7 Å². The van der Waals surface area contributed by atoms with Gasteiger partial charge in [-0.05, 0) is 52.6 Å². The first-order valence-electron chi connectivity index (χ1n) is 11.6. The predicted molar refractivity (Wildman–Crippen MR) is 128 cm³/mol. The number of unbranched alkanes of at least 4 members (excludes halogenated alkanes) is 1. The lowest BCUT2D eigenvalue weighted by atomic mass is 10.00. The summed E-state index contributed by atoms with van der Waals surface area (Å²) in [6.45, 7) is 16.8. The van der Waals surface area contributed by atoms with Gasteiger partial charge < -0.3 is 20.2 Å². The SMILES string of the molecule is C/C(=C\[C@H](C(C)C)N(C)C(=O)CNC=O)C(=O)O.CC(C)N1CCCCC1.CCCC. The fourth-order valence-electron chi connectivity index (χ4n) is 2.93. The molecule has 1 saturated heterocycles. The van der Waals surface area contributed by atoms with Gasteiger partial charge in [-0.1, -0.05) is 53.0 Å². The maximum Gasteiger partial charge on any atom is 0.331 e. The van der Waals surface area contributed by atoms with Crippen molar-refractivity contribution in [3.63, 3.8) is 0 Å². The second kappa shape index (κ2) is 18.8. The second-order valence-electron chi connectivity index (χ2n) is 8.58. The molecule has 0 aromatic carbocycles. The predicted octanol–water partition coefficient (Wildman–Crippen LogP) is 3.93. The summed E-state index contributed by atoms with van der Waals surface area (Å²) in [6.07, 6.45) is 8.92. The third-order valence-corrected chi connectivity index (χ3v) is 5.24. The zero-order chi connectivity index (χ0) is 24.4. The van der Waals surface area contributed by atoms with E-state index in [1.807, 2.05) is 13.8 Å². The number of carbonyl (C=O) groups excluding carboxylic acids is 2. The van der Waals surface area contributed by atoms with Crippen LogP contribution >= 0.6 is 0 Å². The fraction of sp³-hybridized carbons (Fsp3) is 0.792. The molecule has 7 nitrogen and oxygen atoms in total. The highest BCUT2D eigenvalue weighted by atomic mass is 16.4. The van der Waals surface area contributed by atoms with Gasteiger partial charge in [-0.25, -0.2) is 4.79 Å². The van der Waals surface area contributed by atoms with Crippen LogP contribution in [0.2, 0.25) is 0 Å². The molecule has 7 heteroatoms.